The van der Waals surface area contributed by atoms with Crippen LogP contribution in [0.25, 0.3) is 0 Å². The van der Waals surface area contributed by atoms with Crippen LogP contribution in [0.3, 0.4) is 0 Å². The quantitative estimate of drug-likeness (QED) is 0.714. The first-order valence-electron chi connectivity index (χ1n) is 8.25. The Morgan fingerprint density at radius 3 is 2.83 bits per heavy atom. The Kier molecular flexibility index (Phi) is 6.76. The van der Waals surface area contributed by atoms with Gasteiger partial charge in [0.25, 0.3) is 0 Å². The van der Waals surface area contributed by atoms with Gasteiger partial charge in [-0.3, -0.25) is 9.69 Å². The van der Waals surface area contributed by atoms with E-state index in [1.54, 1.807) is 25.1 Å². The minimum atomic E-state index is -0.0201. The van der Waals surface area contributed by atoms with Crippen molar-refractivity contribution in [2.24, 2.45) is 0 Å². The van der Waals surface area contributed by atoms with Crippen LogP contribution in [0.4, 0.5) is 0 Å². The lowest BCUT2D eigenvalue weighted by Crippen LogP contribution is -2.50. The third kappa shape index (κ3) is 5.36. The van der Waals surface area contributed by atoms with Gasteiger partial charge in [-0.15, -0.1) is 6.58 Å². The van der Waals surface area contributed by atoms with Crippen molar-refractivity contribution in [3.8, 4) is 11.9 Å². The molecule has 1 aliphatic heterocycles. The maximum atomic E-state index is 11.4. The van der Waals surface area contributed by atoms with E-state index in [1.165, 1.54) is 0 Å². The molecule has 0 spiro atoms. The fourth-order valence-corrected chi connectivity index (χ4v) is 2.74. The number of ether oxygens (including phenoxy) is 1. The Labute approximate surface area is 143 Å². The molecule has 1 saturated heterocycles. The average molecular weight is 328 g/mol. The summed E-state index contributed by atoms with van der Waals surface area (Å²) in [6.07, 6.45) is 3.56. The third-order valence-corrected chi connectivity index (χ3v) is 4.10. The monoisotopic (exact) mass is 328 g/mol. The molecule has 0 aromatic carbocycles. The fourth-order valence-electron chi connectivity index (χ4n) is 2.74. The van der Waals surface area contributed by atoms with Gasteiger partial charge in [0, 0.05) is 45.7 Å². The third-order valence-electron chi connectivity index (χ3n) is 4.10. The number of piperazine rings is 1. The summed E-state index contributed by atoms with van der Waals surface area (Å²) >= 11 is 0. The average Bonchev–Trinajstić information content (AvgIpc) is 2.60. The van der Waals surface area contributed by atoms with Crippen LogP contribution in [0.5, 0.6) is 5.88 Å². The SMILES string of the molecule is C=CCC[C@@H](CN1CCN(C(C)=O)CC1)Oc1cccc(C#N)n1. The minimum absolute atomic E-state index is 0.0201. The molecular formula is C18H24N4O2. The van der Waals surface area contributed by atoms with Gasteiger partial charge in [0.15, 0.2) is 0 Å². The van der Waals surface area contributed by atoms with Gasteiger partial charge in [0.2, 0.25) is 11.8 Å². The number of amides is 1. The molecule has 6 nitrogen and oxygen atoms in total. The molecule has 0 aliphatic carbocycles. The molecule has 0 N–H and O–H groups in total. The molecule has 0 saturated carbocycles. The van der Waals surface area contributed by atoms with Gasteiger partial charge in [-0.05, 0) is 18.9 Å². The first-order valence-corrected chi connectivity index (χ1v) is 8.25. The first-order chi connectivity index (χ1) is 11.6. The molecule has 1 amide bonds. The number of hydrogen-bond donors (Lipinski definition) is 0. The minimum Gasteiger partial charge on any atom is -0.473 e. The summed E-state index contributed by atoms with van der Waals surface area (Å²) in [6.45, 7) is 9.36. The molecule has 1 fully saturated rings. The fraction of sp³-hybridized carbons (Fsp3) is 0.500. The van der Waals surface area contributed by atoms with Crippen molar-refractivity contribution < 1.29 is 9.53 Å². The number of carbonyl (C=O) groups is 1. The van der Waals surface area contributed by atoms with E-state index in [0.29, 0.717) is 11.6 Å². The number of hydrogen-bond acceptors (Lipinski definition) is 5. The van der Waals surface area contributed by atoms with Crippen LogP contribution in [0, 0.1) is 11.3 Å². The van der Waals surface area contributed by atoms with Crippen molar-refractivity contribution >= 4 is 5.91 Å². The Morgan fingerprint density at radius 1 is 1.46 bits per heavy atom. The molecule has 2 heterocycles. The number of aromatic nitrogens is 1. The highest BCUT2D eigenvalue weighted by atomic mass is 16.5. The van der Waals surface area contributed by atoms with Gasteiger partial charge in [0.1, 0.15) is 17.9 Å². The van der Waals surface area contributed by atoms with Gasteiger partial charge in [-0.2, -0.15) is 5.26 Å². The molecular weight excluding hydrogens is 304 g/mol. The highest BCUT2D eigenvalue weighted by molar-refractivity contribution is 5.73. The van der Waals surface area contributed by atoms with Gasteiger partial charge in [0.05, 0.1) is 0 Å². The number of nitriles is 1. The van der Waals surface area contributed by atoms with Crippen LogP contribution in [0.1, 0.15) is 25.5 Å². The molecule has 0 radical (unpaired) electrons. The summed E-state index contributed by atoms with van der Waals surface area (Å²) in [6, 6.07) is 7.23. The Morgan fingerprint density at radius 2 is 2.21 bits per heavy atom. The van der Waals surface area contributed by atoms with Crippen molar-refractivity contribution in [3.63, 3.8) is 0 Å². The highest BCUT2D eigenvalue weighted by Crippen LogP contribution is 2.14. The predicted molar refractivity (Wildman–Crippen MR) is 91.5 cm³/mol. The highest BCUT2D eigenvalue weighted by Gasteiger charge is 2.22. The summed E-state index contributed by atoms with van der Waals surface area (Å²) in [4.78, 5) is 19.8. The molecule has 0 unspecified atom stereocenters. The van der Waals surface area contributed by atoms with Crippen molar-refractivity contribution in [3.05, 3.63) is 36.5 Å². The van der Waals surface area contributed by atoms with E-state index in [2.05, 4.69) is 16.5 Å². The normalized spacial score (nSPS) is 16.2. The Balaban J connectivity index is 1.94. The molecule has 0 bridgehead atoms. The lowest BCUT2D eigenvalue weighted by atomic mass is 10.1. The zero-order valence-electron chi connectivity index (χ0n) is 14.1. The van der Waals surface area contributed by atoms with E-state index in [9.17, 15) is 4.79 Å². The van der Waals surface area contributed by atoms with Crippen LogP contribution in [0.15, 0.2) is 30.9 Å². The smallest absolute Gasteiger partial charge is 0.219 e. The van der Waals surface area contributed by atoms with Crippen molar-refractivity contribution in [1.29, 1.82) is 5.26 Å². The molecule has 128 valence electrons. The van der Waals surface area contributed by atoms with Crippen molar-refractivity contribution in [1.82, 2.24) is 14.8 Å². The lowest BCUT2D eigenvalue weighted by molar-refractivity contribution is -0.130. The van der Waals surface area contributed by atoms with E-state index in [0.717, 1.165) is 45.6 Å². The number of rotatable bonds is 7. The lowest BCUT2D eigenvalue weighted by Gasteiger charge is -2.35. The second-order valence-corrected chi connectivity index (χ2v) is 5.89. The first kappa shape index (κ1) is 18.0. The zero-order chi connectivity index (χ0) is 17.4. The molecule has 2 rings (SSSR count). The van der Waals surface area contributed by atoms with Gasteiger partial charge >= 0.3 is 0 Å². The molecule has 6 heteroatoms. The topological polar surface area (TPSA) is 69.5 Å². The number of pyridine rings is 1. The molecule has 1 aromatic rings. The van der Waals surface area contributed by atoms with Gasteiger partial charge < -0.3 is 9.64 Å². The number of carbonyl (C=O) groups excluding carboxylic acids is 1. The maximum Gasteiger partial charge on any atom is 0.219 e. The summed E-state index contributed by atoms with van der Waals surface area (Å²) < 4.78 is 6.00. The molecule has 1 atom stereocenters. The molecule has 1 aromatic heterocycles. The van der Waals surface area contributed by atoms with E-state index >= 15 is 0 Å². The van der Waals surface area contributed by atoms with E-state index in [1.807, 2.05) is 17.0 Å². The van der Waals surface area contributed by atoms with Crippen molar-refractivity contribution in [2.75, 3.05) is 32.7 Å². The van der Waals surface area contributed by atoms with Crippen LogP contribution >= 0.6 is 0 Å². The second kappa shape index (κ2) is 9.04. The van der Waals surface area contributed by atoms with Gasteiger partial charge in [-0.1, -0.05) is 12.1 Å². The summed E-state index contributed by atoms with van der Waals surface area (Å²) in [5, 5.41) is 8.95. The second-order valence-electron chi connectivity index (χ2n) is 5.89. The maximum absolute atomic E-state index is 11.4. The summed E-state index contributed by atoms with van der Waals surface area (Å²) in [5.74, 6) is 0.608. The Hall–Kier alpha value is -2.39. The summed E-state index contributed by atoms with van der Waals surface area (Å²) in [7, 11) is 0. The molecule has 1 aliphatic rings. The van der Waals surface area contributed by atoms with Crippen LogP contribution in [-0.2, 0) is 4.79 Å². The summed E-state index contributed by atoms with van der Waals surface area (Å²) in [5.41, 5.74) is 0.352. The standard InChI is InChI=1S/C18H24N4O2/c1-3-4-7-17(24-18-8-5-6-16(13-19)20-18)14-21-9-11-22(12-10-21)15(2)23/h3,5-6,8,17H,1,4,7,9-12,14H2,2H3/t17-/m0/s1. The van der Waals surface area contributed by atoms with E-state index in [-0.39, 0.29) is 12.0 Å². The van der Waals surface area contributed by atoms with Crippen molar-refractivity contribution in [2.45, 2.75) is 25.9 Å². The predicted octanol–water partition coefficient (Wildman–Crippen LogP) is 1.83. The number of allylic oxidation sites excluding steroid dienone is 1. The Bertz CT molecular complexity index is 603. The zero-order valence-corrected chi connectivity index (χ0v) is 14.1. The molecule has 24 heavy (non-hydrogen) atoms. The van der Waals surface area contributed by atoms with Crippen LogP contribution in [0.2, 0.25) is 0 Å². The van der Waals surface area contributed by atoms with Gasteiger partial charge in [-0.25, -0.2) is 4.98 Å². The van der Waals surface area contributed by atoms with E-state index in [4.69, 9.17) is 10.00 Å². The largest absolute Gasteiger partial charge is 0.473 e. The van der Waals surface area contributed by atoms with Crippen LogP contribution < -0.4 is 4.74 Å². The number of nitrogens with zero attached hydrogens (tertiary/aromatic N) is 4. The van der Waals surface area contributed by atoms with E-state index < -0.39 is 0 Å². The van der Waals surface area contributed by atoms with Crippen LogP contribution in [-0.4, -0.2) is 59.5 Å².